The molecule has 152 valence electrons. The Balaban J connectivity index is 1.51. The maximum atomic E-state index is 13.1. The number of thiazole rings is 1. The third-order valence-electron chi connectivity index (χ3n) is 5.40. The van der Waals surface area contributed by atoms with Gasteiger partial charge >= 0.3 is 0 Å². The first-order chi connectivity index (χ1) is 14.0. The molecule has 0 spiro atoms. The summed E-state index contributed by atoms with van der Waals surface area (Å²) in [5.41, 5.74) is 4.08. The molecule has 4 rings (SSSR count). The number of hydrogen-bond donors (Lipinski definition) is 0. The minimum Gasteiger partial charge on any atom is -0.493 e. The zero-order valence-corrected chi connectivity index (χ0v) is 18.0. The van der Waals surface area contributed by atoms with E-state index in [2.05, 4.69) is 30.9 Å². The van der Waals surface area contributed by atoms with Crippen molar-refractivity contribution in [3.8, 4) is 11.5 Å². The smallest absolute Gasteiger partial charge is 0.257 e. The van der Waals surface area contributed by atoms with Gasteiger partial charge in [0.05, 0.1) is 30.0 Å². The molecule has 0 bridgehead atoms. The fourth-order valence-corrected chi connectivity index (χ4v) is 4.87. The van der Waals surface area contributed by atoms with E-state index in [1.165, 1.54) is 15.8 Å². The molecule has 1 aliphatic heterocycles. The van der Waals surface area contributed by atoms with Gasteiger partial charge in [-0.05, 0) is 37.1 Å². The van der Waals surface area contributed by atoms with Crippen LogP contribution in [-0.4, -0.2) is 56.2 Å². The van der Waals surface area contributed by atoms with E-state index in [-0.39, 0.29) is 5.91 Å². The van der Waals surface area contributed by atoms with Crippen LogP contribution in [0.3, 0.4) is 0 Å². The molecule has 0 atom stereocenters. The van der Waals surface area contributed by atoms with Crippen LogP contribution in [0.5, 0.6) is 11.5 Å². The fraction of sp³-hybridized carbons (Fsp3) is 0.364. The number of hydrogen-bond acceptors (Lipinski definition) is 6. The standard InChI is InChI=1S/C22H25N3O3S/c1-14-8-9-15(2)20-18(14)23-22(29-20)25-12-10-24(11-13-25)21(26)16-6-5-7-17(27-3)19(16)28-4/h5-9H,10-13H2,1-4H3. The SMILES string of the molecule is COc1cccc(C(=O)N2CCN(c3nc4c(C)ccc(C)c4s3)CC2)c1OC. The van der Waals surface area contributed by atoms with E-state index in [9.17, 15) is 4.79 Å². The lowest BCUT2D eigenvalue weighted by Crippen LogP contribution is -2.48. The molecule has 1 amide bonds. The van der Waals surface area contributed by atoms with Gasteiger partial charge in [0.15, 0.2) is 16.6 Å². The van der Waals surface area contributed by atoms with Crippen molar-refractivity contribution in [2.45, 2.75) is 13.8 Å². The Morgan fingerprint density at radius 3 is 2.38 bits per heavy atom. The predicted octanol–water partition coefficient (Wildman–Crippen LogP) is 3.89. The van der Waals surface area contributed by atoms with E-state index in [1.807, 2.05) is 11.0 Å². The first kappa shape index (κ1) is 19.5. The monoisotopic (exact) mass is 411 g/mol. The maximum absolute atomic E-state index is 13.1. The van der Waals surface area contributed by atoms with Crippen molar-refractivity contribution >= 4 is 32.6 Å². The molecular formula is C22H25N3O3S. The maximum Gasteiger partial charge on any atom is 0.257 e. The number of aromatic nitrogens is 1. The van der Waals surface area contributed by atoms with Crippen molar-refractivity contribution in [2.75, 3.05) is 45.3 Å². The van der Waals surface area contributed by atoms with Gasteiger partial charge in [-0.1, -0.05) is 29.5 Å². The number of methoxy groups -OCH3 is 2. The summed E-state index contributed by atoms with van der Waals surface area (Å²) < 4.78 is 12.0. The van der Waals surface area contributed by atoms with E-state index in [0.29, 0.717) is 30.2 Å². The average Bonchev–Trinajstić information content (AvgIpc) is 3.22. The van der Waals surface area contributed by atoms with E-state index >= 15 is 0 Å². The highest BCUT2D eigenvalue weighted by molar-refractivity contribution is 7.22. The van der Waals surface area contributed by atoms with Crippen molar-refractivity contribution in [3.05, 3.63) is 47.0 Å². The number of benzene rings is 2. The normalized spacial score (nSPS) is 14.3. The van der Waals surface area contributed by atoms with Crippen LogP contribution in [0.1, 0.15) is 21.5 Å². The Morgan fingerprint density at radius 2 is 1.72 bits per heavy atom. The average molecular weight is 412 g/mol. The Labute approximate surface area is 174 Å². The van der Waals surface area contributed by atoms with Gasteiger partial charge in [-0.2, -0.15) is 0 Å². The third-order valence-corrected chi connectivity index (χ3v) is 6.65. The molecule has 0 radical (unpaired) electrons. The Kier molecular flexibility index (Phi) is 5.32. The van der Waals surface area contributed by atoms with Crippen molar-refractivity contribution in [1.29, 1.82) is 0 Å². The Bertz CT molecular complexity index is 1020. The molecular weight excluding hydrogens is 386 g/mol. The lowest BCUT2D eigenvalue weighted by atomic mass is 10.1. The van der Waals surface area contributed by atoms with Crippen LogP contribution in [0.4, 0.5) is 5.13 Å². The zero-order valence-electron chi connectivity index (χ0n) is 17.2. The molecule has 0 unspecified atom stereocenters. The van der Waals surface area contributed by atoms with Crippen LogP contribution in [0.15, 0.2) is 30.3 Å². The number of carbonyl (C=O) groups is 1. The molecule has 1 aromatic heterocycles. The van der Waals surface area contributed by atoms with E-state index in [4.69, 9.17) is 14.5 Å². The van der Waals surface area contributed by atoms with Gasteiger partial charge in [0.1, 0.15) is 0 Å². The largest absolute Gasteiger partial charge is 0.493 e. The number of amides is 1. The van der Waals surface area contributed by atoms with Gasteiger partial charge in [0.25, 0.3) is 5.91 Å². The highest BCUT2D eigenvalue weighted by atomic mass is 32.1. The molecule has 3 aromatic rings. The number of rotatable bonds is 4. The summed E-state index contributed by atoms with van der Waals surface area (Å²) >= 11 is 1.74. The number of nitrogens with zero attached hydrogens (tertiary/aromatic N) is 3. The lowest BCUT2D eigenvalue weighted by Gasteiger charge is -2.34. The quantitative estimate of drug-likeness (QED) is 0.652. The number of carbonyl (C=O) groups excluding carboxylic acids is 1. The predicted molar refractivity (Wildman–Crippen MR) is 117 cm³/mol. The summed E-state index contributed by atoms with van der Waals surface area (Å²) in [6.45, 7) is 7.04. The molecule has 7 heteroatoms. The molecule has 0 N–H and O–H groups in total. The topological polar surface area (TPSA) is 54.9 Å². The first-order valence-electron chi connectivity index (χ1n) is 9.65. The minimum atomic E-state index is -0.0311. The molecule has 0 saturated carbocycles. The van der Waals surface area contributed by atoms with Crippen LogP contribution in [-0.2, 0) is 0 Å². The van der Waals surface area contributed by atoms with Crippen molar-refractivity contribution in [1.82, 2.24) is 9.88 Å². The molecule has 1 aliphatic rings. The van der Waals surface area contributed by atoms with Gasteiger partial charge < -0.3 is 19.3 Å². The summed E-state index contributed by atoms with van der Waals surface area (Å²) in [5, 5.41) is 1.03. The summed E-state index contributed by atoms with van der Waals surface area (Å²) in [6, 6.07) is 9.67. The van der Waals surface area contributed by atoms with E-state index in [1.54, 1.807) is 37.7 Å². The zero-order chi connectivity index (χ0) is 20.5. The van der Waals surface area contributed by atoms with E-state index < -0.39 is 0 Å². The number of para-hydroxylation sites is 1. The summed E-state index contributed by atoms with van der Waals surface area (Å²) in [7, 11) is 3.13. The lowest BCUT2D eigenvalue weighted by molar-refractivity contribution is 0.0742. The van der Waals surface area contributed by atoms with Crippen LogP contribution in [0, 0.1) is 13.8 Å². The van der Waals surface area contributed by atoms with Gasteiger partial charge in [0.2, 0.25) is 0 Å². The number of aryl methyl sites for hydroxylation is 2. The molecule has 1 fully saturated rings. The van der Waals surface area contributed by atoms with E-state index in [0.717, 1.165) is 23.7 Å². The van der Waals surface area contributed by atoms with Crippen LogP contribution in [0.25, 0.3) is 10.2 Å². The summed E-state index contributed by atoms with van der Waals surface area (Å²) in [6.07, 6.45) is 0. The van der Waals surface area contributed by atoms with Crippen LogP contribution >= 0.6 is 11.3 Å². The van der Waals surface area contributed by atoms with Crippen LogP contribution in [0.2, 0.25) is 0 Å². The molecule has 0 aliphatic carbocycles. The first-order valence-corrected chi connectivity index (χ1v) is 10.5. The molecule has 1 saturated heterocycles. The van der Waals surface area contributed by atoms with Crippen molar-refractivity contribution < 1.29 is 14.3 Å². The Hall–Kier alpha value is -2.80. The molecule has 2 aromatic carbocycles. The number of fused-ring (bicyclic) bond motifs is 1. The van der Waals surface area contributed by atoms with Gasteiger partial charge in [-0.15, -0.1) is 0 Å². The second-order valence-electron chi connectivity index (χ2n) is 7.19. The second kappa shape index (κ2) is 7.91. The number of anilines is 1. The Morgan fingerprint density at radius 1 is 1.00 bits per heavy atom. The summed E-state index contributed by atoms with van der Waals surface area (Å²) in [5.74, 6) is 1.02. The highest BCUT2D eigenvalue weighted by Crippen LogP contribution is 2.34. The molecule has 29 heavy (non-hydrogen) atoms. The van der Waals surface area contributed by atoms with Gasteiger partial charge in [-0.25, -0.2) is 4.98 Å². The molecule has 2 heterocycles. The minimum absolute atomic E-state index is 0.0311. The second-order valence-corrected chi connectivity index (χ2v) is 8.17. The van der Waals surface area contributed by atoms with Gasteiger partial charge in [-0.3, -0.25) is 4.79 Å². The van der Waals surface area contributed by atoms with Crippen LogP contribution < -0.4 is 14.4 Å². The number of ether oxygens (including phenoxy) is 2. The summed E-state index contributed by atoms with van der Waals surface area (Å²) in [4.78, 5) is 22.1. The van der Waals surface area contributed by atoms with Crippen molar-refractivity contribution in [3.63, 3.8) is 0 Å². The third kappa shape index (κ3) is 3.51. The van der Waals surface area contributed by atoms with Gasteiger partial charge in [0, 0.05) is 26.2 Å². The highest BCUT2D eigenvalue weighted by Gasteiger charge is 2.27. The van der Waals surface area contributed by atoms with Crippen molar-refractivity contribution in [2.24, 2.45) is 0 Å². The fourth-order valence-electron chi connectivity index (χ4n) is 3.71. The molecule has 6 nitrogen and oxygen atoms in total. The number of piperazine rings is 1.